The third-order valence-corrected chi connectivity index (χ3v) is 10.9. The van der Waals surface area contributed by atoms with Crippen LogP contribution in [0.15, 0.2) is 35.9 Å². The van der Waals surface area contributed by atoms with E-state index >= 15 is 0 Å². The van der Waals surface area contributed by atoms with Crippen LogP contribution in [0.2, 0.25) is 0 Å². The Morgan fingerprint density at radius 3 is 2.62 bits per heavy atom. The van der Waals surface area contributed by atoms with Gasteiger partial charge in [0, 0.05) is 12.0 Å². The topological polar surface area (TPSA) is 35.5 Å². The molecule has 3 nitrogen and oxygen atoms in total. The van der Waals surface area contributed by atoms with Crippen LogP contribution < -0.4 is 0 Å². The summed E-state index contributed by atoms with van der Waals surface area (Å²) in [5.41, 5.74) is 2.51. The zero-order valence-electron chi connectivity index (χ0n) is 21.1. The number of allylic oxidation sites excluding steroid dienone is 1. The first-order valence-electron chi connectivity index (χ1n) is 14.0. The van der Waals surface area contributed by atoms with Gasteiger partial charge in [0.25, 0.3) is 0 Å². The number of carbonyl (C=O) groups is 1. The highest BCUT2D eigenvalue weighted by Gasteiger charge is 2.61. The van der Waals surface area contributed by atoms with Gasteiger partial charge in [-0.3, -0.25) is 4.79 Å². The molecule has 0 radical (unpaired) electrons. The summed E-state index contributed by atoms with van der Waals surface area (Å²) in [5, 5.41) is 0. The smallest absolute Gasteiger partial charge is 0.165 e. The molecule has 8 atom stereocenters. The summed E-state index contributed by atoms with van der Waals surface area (Å²) in [5.74, 6) is 3.19. The van der Waals surface area contributed by atoms with Gasteiger partial charge in [-0.2, -0.15) is 0 Å². The molecule has 184 valence electrons. The van der Waals surface area contributed by atoms with Gasteiger partial charge in [-0.05, 0) is 117 Å². The molecule has 1 aromatic rings. The molecule has 5 aliphatic rings. The summed E-state index contributed by atoms with van der Waals surface area (Å²) < 4.78 is 12.3. The molecule has 1 heterocycles. The molecule has 34 heavy (non-hydrogen) atoms. The summed E-state index contributed by atoms with van der Waals surface area (Å²) in [7, 11) is 0. The third kappa shape index (κ3) is 3.82. The van der Waals surface area contributed by atoms with Gasteiger partial charge in [-0.25, -0.2) is 0 Å². The SMILES string of the molecule is C[C@]12CC[C@@H](O[C@@H]3CCCCO3)C[C@@H]1CC[C@H]1[C@H]2CC[C@]2(C)C(=O)/C(=C/c3ccccc3)C[C@H]12. The summed E-state index contributed by atoms with van der Waals surface area (Å²) in [4.78, 5) is 13.6. The van der Waals surface area contributed by atoms with Crippen molar-refractivity contribution in [2.24, 2.45) is 34.5 Å². The van der Waals surface area contributed by atoms with Gasteiger partial charge in [-0.1, -0.05) is 44.2 Å². The van der Waals surface area contributed by atoms with Crippen molar-refractivity contribution in [2.75, 3.05) is 6.61 Å². The molecular formula is C31H42O3. The summed E-state index contributed by atoms with van der Waals surface area (Å²) in [6, 6.07) is 10.4. The van der Waals surface area contributed by atoms with Crippen molar-refractivity contribution in [1.82, 2.24) is 0 Å². The number of carbonyl (C=O) groups excluding carboxylic acids is 1. The number of hydrogen-bond donors (Lipinski definition) is 0. The predicted octanol–water partition coefficient (Wildman–Crippen LogP) is 7.20. The van der Waals surface area contributed by atoms with E-state index in [2.05, 4.69) is 44.2 Å². The van der Waals surface area contributed by atoms with Crippen LogP contribution in [0.3, 0.4) is 0 Å². The van der Waals surface area contributed by atoms with Crippen LogP contribution in [0.25, 0.3) is 6.08 Å². The highest BCUT2D eigenvalue weighted by molar-refractivity contribution is 6.05. The highest BCUT2D eigenvalue weighted by atomic mass is 16.7. The molecule has 4 saturated carbocycles. The van der Waals surface area contributed by atoms with Crippen molar-refractivity contribution >= 4 is 11.9 Å². The molecule has 0 spiro atoms. The van der Waals surface area contributed by atoms with E-state index < -0.39 is 0 Å². The van der Waals surface area contributed by atoms with Gasteiger partial charge in [-0.15, -0.1) is 0 Å². The van der Waals surface area contributed by atoms with Crippen LogP contribution in [0, 0.1) is 34.5 Å². The van der Waals surface area contributed by atoms with Gasteiger partial charge in [0.1, 0.15) is 0 Å². The van der Waals surface area contributed by atoms with Gasteiger partial charge in [0.2, 0.25) is 0 Å². The number of fused-ring (bicyclic) bond motifs is 5. The van der Waals surface area contributed by atoms with Crippen LogP contribution in [-0.2, 0) is 14.3 Å². The second kappa shape index (κ2) is 8.89. The van der Waals surface area contributed by atoms with E-state index in [1.807, 2.05) is 6.07 Å². The van der Waals surface area contributed by atoms with E-state index in [0.717, 1.165) is 43.3 Å². The highest BCUT2D eigenvalue weighted by Crippen LogP contribution is 2.66. The van der Waals surface area contributed by atoms with Crippen LogP contribution in [0.4, 0.5) is 0 Å². The largest absolute Gasteiger partial charge is 0.353 e. The maximum absolute atomic E-state index is 13.6. The normalized spacial score (nSPS) is 45.5. The second-order valence-corrected chi connectivity index (χ2v) is 12.6. The standard InChI is InChI=1S/C31H42O3/c1-30-15-13-24(34-28-10-6-7-17-33-28)20-23(30)11-12-25-26(30)14-16-31(2)27(25)19-22(29(31)32)18-21-8-4-3-5-9-21/h3-5,8-9,18,23-28H,6-7,10-17,19-20H2,1-2H3/b22-18+/t23-,24+,25-,26+,27+,28+,30-,31-/m0/s1. The number of ketones is 1. The molecule has 1 aromatic carbocycles. The predicted molar refractivity (Wildman–Crippen MR) is 135 cm³/mol. The first kappa shape index (κ1) is 23.0. The zero-order valence-corrected chi connectivity index (χ0v) is 21.1. The van der Waals surface area contributed by atoms with Crippen molar-refractivity contribution in [3.63, 3.8) is 0 Å². The molecule has 1 aliphatic heterocycles. The summed E-state index contributed by atoms with van der Waals surface area (Å²) in [6.45, 7) is 5.76. The Morgan fingerprint density at radius 2 is 1.82 bits per heavy atom. The van der Waals surface area contributed by atoms with Crippen molar-refractivity contribution in [3.8, 4) is 0 Å². The van der Waals surface area contributed by atoms with Crippen LogP contribution in [-0.4, -0.2) is 24.8 Å². The minimum atomic E-state index is -0.149. The zero-order chi connectivity index (χ0) is 23.3. The molecule has 3 heteroatoms. The Morgan fingerprint density at radius 1 is 0.971 bits per heavy atom. The van der Waals surface area contributed by atoms with Gasteiger partial charge in [0.05, 0.1) is 6.10 Å². The Balaban J connectivity index is 1.18. The molecular weight excluding hydrogens is 420 g/mol. The lowest BCUT2D eigenvalue weighted by molar-refractivity contribution is -0.211. The van der Waals surface area contributed by atoms with Crippen molar-refractivity contribution in [1.29, 1.82) is 0 Å². The summed E-state index contributed by atoms with van der Waals surface area (Å²) in [6.07, 6.45) is 15.6. The van der Waals surface area contributed by atoms with Crippen LogP contribution in [0.5, 0.6) is 0 Å². The van der Waals surface area contributed by atoms with Gasteiger partial charge < -0.3 is 9.47 Å². The number of rotatable bonds is 3. The van der Waals surface area contributed by atoms with Crippen molar-refractivity contribution in [3.05, 3.63) is 41.5 Å². The maximum Gasteiger partial charge on any atom is 0.165 e. The molecule has 0 bridgehead atoms. The number of hydrogen-bond acceptors (Lipinski definition) is 3. The van der Waals surface area contributed by atoms with E-state index in [0.29, 0.717) is 29.1 Å². The maximum atomic E-state index is 13.6. The minimum absolute atomic E-state index is 0.0363. The molecule has 0 unspecified atom stereocenters. The fourth-order valence-electron chi connectivity index (χ4n) is 8.93. The fraction of sp³-hybridized carbons (Fsp3) is 0.710. The monoisotopic (exact) mass is 462 g/mol. The number of Topliss-reactive ketones (excluding diaryl/α,β-unsaturated/α-hetero) is 1. The van der Waals surface area contributed by atoms with E-state index in [-0.39, 0.29) is 11.7 Å². The van der Waals surface area contributed by atoms with E-state index in [1.165, 1.54) is 56.9 Å². The second-order valence-electron chi connectivity index (χ2n) is 12.6. The van der Waals surface area contributed by atoms with Gasteiger partial charge in [0.15, 0.2) is 12.1 Å². The number of ether oxygens (including phenoxy) is 2. The summed E-state index contributed by atoms with van der Waals surface area (Å²) >= 11 is 0. The number of benzene rings is 1. The van der Waals surface area contributed by atoms with Crippen LogP contribution >= 0.6 is 0 Å². The third-order valence-electron chi connectivity index (χ3n) is 10.9. The lowest BCUT2D eigenvalue weighted by Gasteiger charge is -2.60. The molecule has 5 fully saturated rings. The average Bonchev–Trinajstić information content (AvgIpc) is 3.11. The van der Waals surface area contributed by atoms with E-state index in [9.17, 15) is 4.79 Å². The molecule has 0 N–H and O–H groups in total. The van der Waals surface area contributed by atoms with Gasteiger partial charge >= 0.3 is 0 Å². The fourth-order valence-corrected chi connectivity index (χ4v) is 8.93. The average molecular weight is 463 g/mol. The Hall–Kier alpha value is -1.45. The minimum Gasteiger partial charge on any atom is -0.353 e. The Labute approximate surface area is 205 Å². The molecule has 1 saturated heterocycles. The molecule has 0 amide bonds. The first-order chi connectivity index (χ1) is 16.5. The van der Waals surface area contributed by atoms with Crippen molar-refractivity contribution < 1.29 is 14.3 Å². The Bertz CT molecular complexity index is 931. The van der Waals surface area contributed by atoms with Crippen LogP contribution in [0.1, 0.15) is 90.0 Å². The lowest BCUT2D eigenvalue weighted by Crippen LogP contribution is -2.54. The molecule has 6 rings (SSSR count). The van der Waals surface area contributed by atoms with E-state index in [1.54, 1.807) is 0 Å². The Kier molecular flexibility index (Phi) is 6.01. The molecule has 4 aliphatic carbocycles. The molecule has 0 aromatic heterocycles. The lowest BCUT2D eigenvalue weighted by atomic mass is 9.45. The van der Waals surface area contributed by atoms with E-state index in [4.69, 9.17) is 9.47 Å². The quantitative estimate of drug-likeness (QED) is 0.352. The van der Waals surface area contributed by atoms with Crippen molar-refractivity contribution in [2.45, 2.75) is 96.9 Å². The first-order valence-corrected chi connectivity index (χ1v) is 14.0.